The molecule has 1 rings (SSSR count). The van der Waals surface area contributed by atoms with Gasteiger partial charge in [0.1, 0.15) is 0 Å². The normalized spacial score (nSPS) is 19.0. The first-order valence-corrected chi connectivity index (χ1v) is 8.65. The second kappa shape index (κ2) is 8.75. The number of aliphatic hydroxyl groups excluding tert-OH is 1. The molecule has 0 aromatic rings. The monoisotopic (exact) mass is 356 g/mol. The van der Waals surface area contributed by atoms with Gasteiger partial charge in [-0.3, -0.25) is 14.4 Å². The van der Waals surface area contributed by atoms with E-state index in [0.29, 0.717) is 0 Å². The van der Waals surface area contributed by atoms with E-state index in [1.165, 1.54) is 27.7 Å². The molecule has 0 atom stereocenters. The minimum Gasteiger partial charge on any atom is -0.512 e. The third-order valence-electron chi connectivity index (χ3n) is 4.19. The van der Waals surface area contributed by atoms with E-state index in [-0.39, 0.29) is 39.7 Å². The maximum Gasteiger partial charge on any atom is 0.163 e. The van der Waals surface area contributed by atoms with Crippen LogP contribution in [0.1, 0.15) is 54.4 Å². The van der Waals surface area contributed by atoms with Crippen LogP contribution in [0.15, 0.2) is 58.4 Å². The van der Waals surface area contributed by atoms with Gasteiger partial charge in [0.05, 0.1) is 16.9 Å². The van der Waals surface area contributed by atoms with Crippen LogP contribution < -0.4 is 0 Å². The summed E-state index contributed by atoms with van der Waals surface area (Å²) in [5.74, 6) is -0.690. The Bertz CT molecular complexity index is 748. The largest absolute Gasteiger partial charge is 0.512 e. The molecule has 1 N–H and O–H groups in total. The van der Waals surface area contributed by atoms with Gasteiger partial charge >= 0.3 is 0 Å². The van der Waals surface area contributed by atoms with Crippen molar-refractivity contribution in [1.82, 2.24) is 0 Å². The van der Waals surface area contributed by atoms with Gasteiger partial charge in [0.2, 0.25) is 0 Å². The Labute approximate surface area is 155 Å². The van der Waals surface area contributed by atoms with Crippen LogP contribution >= 0.6 is 0 Å². The van der Waals surface area contributed by atoms with E-state index in [0.717, 1.165) is 24.0 Å². The number of allylic oxidation sites excluding steroid dienone is 10. The number of hydrogen-bond acceptors (Lipinski definition) is 4. The van der Waals surface area contributed by atoms with E-state index in [9.17, 15) is 19.5 Å². The van der Waals surface area contributed by atoms with Crippen LogP contribution in [0.4, 0.5) is 0 Å². The van der Waals surface area contributed by atoms with Gasteiger partial charge in [-0.1, -0.05) is 32.1 Å². The van der Waals surface area contributed by atoms with Gasteiger partial charge in [-0.25, -0.2) is 0 Å². The zero-order chi connectivity index (χ0) is 20.1. The standard InChI is InChI=1S/C22H28O4/c1-14(23)20(15(2)24)9-7-18-11-19(13-22(5,6)12-18)8-10-21(16(3)25)17(4)26/h7-11,23H,12-13H2,1-6H3/b9-7+,19-8-,20-14+. The predicted octanol–water partition coefficient (Wildman–Crippen LogP) is 4.74. The van der Waals surface area contributed by atoms with Crippen molar-refractivity contribution >= 4 is 17.3 Å². The number of Topliss-reactive ketones (excluding diaryl/α,β-unsaturated/α-hetero) is 3. The minimum absolute atomic E-state index is 0.00400. The fourth-order valence-electron chi connectivity index (χ4n) is 3.08. The van der Waals surface area contributed by atoms with Crippen molar-refractivity contribution in [1.29, 1.82) is 0 Å². The molecule has 26 heavy (non-hydrogen) atoms. The molecule has 0 unspecified atom stereocenters. The van der Waals surface area contributed by atoms with Crippen molar-refractivity contribution in [2.45, 2.75) is 54.4 Å². The van der Waals surface area contributed by atoms with Crippen LogP contribution in [0.3, 0.4) is 0 Å². The van der Waals surface area contributed by atoms with Crippen LogP contribution in [0.5, 0.6) is 0 Å². The molecule has 0 aromatic carbocycles. The summed E-state index contributed by atoms with van der Waals surface area (Å²) in [5.41, 5.74) is 2.51. The first-order chi connectivity index (χ1) is 11.9. The van der Waals surface area contributed by atoms with Crippen molar-refractivity contribution in [2.24, 2.45) is 5.41 Å². The van der Waals surface area contributed by atoms with Gasteiger partial charge in [0.25, 0.3) is 0 Å². The van der Waals surface area contributed by atoms with Gasteiger partial charge in [-0.2, -0.15) is 0 Å². The van der Waals surface area contributed by atoms with Crippen molar-refractivity contribution in [3.63, 3.8) is 0 Å². The molecular formula is C22H28O4. The van der Waals surface area contributed by atoms with Crippen LogP contribution in [-0.4, -0.2) is 22.5 Å². The third-order valence-corrected chi connectivity index (χ3v) is 4.19. The van der Waals surface area contributed by atoms with Gasteiger partial charge < -0.3 is 5.11 Å². The van der Waals surface area contributed by atoms with E-state index in [4.69, 9.17) is 0 Å². The SMILES string of the molecule is CC(=O)C(=C/C=C1C=C(/C=C/C(C(C)=O)=C(/C)O)CC(C)(C)C/1)C(C)=O. The Kier molecular flexibility index (Phi) is 7.25. The third kappa shape index (κ3) is 6.43. The summed E-state index contributed by atoms with van der Waals surface area (Å²) in [6.07, 6.45) is 10.5. The highest BCUT2D eigenvalue weighted by atomic mass is 16.3. The van der Waals surface area contributed by atoms with E-state index in [1.807, 2.05) is 18.2 Å². The first-order valence-electron chi connectivity index (χ1n) is 8.65. The molecule has 4 nitrogen and oxygen atoms in total. The fraction of sp³-hybridized carbons (Fsp3) is 0.409. The topological polar surface area (TPSA) is 71.4 Å². The predicted molar refractivity (Wildman–Crippen MR) is 104 cm³/mol. The molecule has 0 saturated carbocycles. The Balaban J connectivity index is 3.25. The lowest BCUT2D eigenvalue weighted by Gasteiger charge is -2.30. The van der Waals surface area contributed by atoms with Gasteiger partial charge in [-0.05, 0) is 69.2 Å². The molecule has 4 heteroatoms. The number of hydrogen-bond donors (Lipinski definition) is 1. The highest BCUT2D eigenvalue weighted by molar-refractivity contribution is 6.18. The summed E-state index contributed by atoms with van der Waals surface area (Å²) >= 11 is 0. The minimum atomic E-state index is -0.247. The van der Waals surface area contributed by atoms with Crippen molar-refractivity contribution in [3.8, 4) is 0 Å². The second-order valence-electron chi connectivity index (χ2n) is 7.56. The number of aliphatic hydroxyl groups is 1. The van der Waals surface area contributed by atoms with Crippen LogP contribution in [0.25, 0.3) is 0 Å². The summed E-state index contributed by atoms with van der Waals surface area (Å²) in [7, 11) is 0. The molecule has 0 heterocycles. The second-order valence-corrected chi connectivity index (χ2v) is 7.56. The number of rotatable bonds is 6. The van der Waals surface area contributed by atoms with Crippen LogP contribution in [0.2, 0.25) is 0 Å². The molecule has 0 amide bonds. The van der Waals surface area contributed by atoms with E-state index in [2.05, 4.69) is 13.8 Å². The quantitative estimate of drug-likeness (QED) is 0.245. The zero-order valence-corrected chi connectivity index (χ0v) is 16.5. The highest BCUT2D eigenvalue weighted by Crippen LogP contribution is 2.38. The molecule has 0 aliphatic heterocycles. The Morgan fingerprint density at radius 3 is 2.04 bits per heavy atom. The molecular weight excluding hydrogens is 328 g/mol. The smallest absolute Gasteiger partial charge is 0.163 e. The van der Waals surface area contributed by atoms with Crippen LogP contribution in [-0.2, 0) is 14.4 Å². The van der Waals surface area contributed by atoms with Crippen LogP contribution in [0, 0.1) is 5.41 Å². The molecule has 140 valence electrons. The molecule has 1 aliphatic carbocycles. The fourth-order valence-corrected chi connectivity index (χ4v) is 3.08. The van der Waals surface area contributed by atoms with E-state index >= 15 is 0 Å². The van der Waals surface area contributed by atoms with Crippen molar-refractivity contribution in [2.75, 3.05) is 0 Å². The maximum atomic E-state index is 11.6. The average molecular weight is 356 g/mol. The van der Waals surface area contributed by atoms with E-state index < -0.39 is 0 Å². The number of ketones is 3. The summed E-state index contributed by atoms with van der Waals surface area (Å²) in [5, 5.41) is 9.62. The Morgan fingerprint density at radius 1 is 1.00 bits per heavy atom. The Morgan fingerprint density at radius 2 is 1.58 bits per heavy atom. The van der Waals surface area contributed by atoms with Gasteiger partial charge in [-0.15, -0.1) is 0 Å². The first kappa shape index (κ1) is 21.6. The summed E-state index contributed by atoms with van der Waals surface area (Å²) < 4.78 is 0. The number of carbonyl (C=O) groups is 3. The van der Waals surface area contributed by atoms with Crippen molar-refractivity contribution in [3.05, 3.63) is 58.4 Å². The van der Waals surface area contributed by atoms with Gasteiger partial charge in [0.15, 0.2) is 17.3 Å². The lowest BCUT2D eigenvalue weighted by Crippen LogP contribution is -2.17. The Hall–Kier alpha value is -2.49. The lowest BCUT2D eigenvalue weighted by atomic mass is 9.75. The molecule has 0 spiro atoms. The zero-order valence-electron chi connectivity index (χ0n) is 16.5. The summed E-state index contributed by atoms with van der Waals surface area (Å²) in [6.45, 7) is 9.95. The number of carbonyl (C=O) groups excluding carboxylic acids is 3. The molecule has 0 radical (unpaired) electrons. The van der Waals surface area contributed by atoms with Crippen molar-refractivity contribution < 1.29 is 19.5 Å². The summed E-state index contributed by atoms with van der Waals surface area (Å²) in [6, 6.07) is 0. The summed E-state index contributed by atoms with van der Waals surface area (Å²) in [4.78, 5) is 34.7. The molecule has 0 fully saturated rings. The lowest BCUT2D eigenvalue weighted by molar-refractivity contribution is -0.119. The van der Waals surface area contributed by atoms with E-state index in [1.54, 1.807) is 12.2 Å². The average Bonchev–Trinajstić information content (AvgIpc) is 2.44. The molecule has 0 bridgehead atoms. The highest BCUT2D eigenvalue weighted by Gasteiger charge is 2.24. The molecule has 0 saturated heterocycles. The molecule has 0 aromatic heterocycles. The molecule has 1 aliphatic rings. The van der Waals surface area contributed by atoms with Gasteiger partial charge in [0, 0.05) is 0 Å². The maximum absolute atomic E-state index is 11.6.